The first-order valence-electron chi connectivity index (χ1n) is 11.4. The van der Waals surface area contributed by atoms with E-state index in [1.165, 1.54) is 12.1 Å². The lowest BCUT2D eigenvalue weighted by Gasteiger charge is -2.27. The number of carbonyl (C=O) groups is 4. The van der Waals surface area contributed by atoms with Crippen LogP contribution in [-0.4, -0.2) is 65.1 Å². The Hall–Kier alpha value is -3.18. The van der Waals surface area contributed by atoms with Crippen molar-refractivity contribution in [3.63, 3.8) is 0 Å². The van der Waals surface area contributed by atoms with E-state index < -0.39 is 48.4 Å². The van der Waals surface area contributed by atoms with Crippen molar-refractivity contribution in [3.8, 4) is 5.75 Å². The monoisotopic (exact) mass is 479 g/mol. The summed E-state index contributed by atoms with van der Waals surface area (Å²) in [5.41, 5.74) is 12.1. The van der Waals surface area contributed by atoms with Crippen LogP contribution in [-0.2, 0) is 25.6 Å². The van der Waals surface area contributed by atoms with E-state index in [-0.39, 0.29) is 18.1 Å². The van der Waals surface area contributed by atoms with E-state index in [0.717, 1.165) is 6.42 Å². The number of carboxylic acids is 1. The Bertz CT molecular complexity index is 817. The van der Waals surface area contributed by atoms with Crippen LogP contribution in [0.5, 0.6) is 5.75 Å². The maximum atomic E-state index is 13.1. The summed E-state index contributed by atoms with van der Waals surface area (Å²) >= 11 is 0. The van der Waals surface area contributed by atoms with E-state index in [1.54, 1.807) is 19.1 Å². The standard InChI is InChI=1S/C23H37N5O6/c1-3-14(2)20(28-21(32)17(25)6-4-5-11-24)23(34)27-18(22(33)26-13-19(30)31)12-15-7-9-16(29)10-8-15/h7-10,14,17-18,20,29H,3-6,11-13,24-25H2,1-2H3,(H,26,33)(H,27,34)(H,28,32)(H,30,31). The molecule has 0 spiro atoms. The molecule has 0 bridgehead atoms. The van der Waals surface area contributed by atoms with E-state index in [1.807, 2.05) is 6.92 Å². The fourth-order valence-electron chi connectivity index (χ4n) is 3.23. The van der Waals surface area contributed by atoms with Gasteiger partial charge in [-0.1, -0.05) is 38.8 Å². The number of nitrogens with two attached hydrogens (primary N) is 2. The number of unbranched alkanes of at least 4 members (excludes halogenated alkanes) is 1. The van der Waals surface area contributed by atoms with E-state index >= 15 is 0 Å². The molecule has 0 saturated carbocycles. The Morgan fingerprint density at radius 3 is 2.21 bits per heavy atom. The number of hydrogen-bond donors (Lipinski definition) is 7. The van der Waals surface area contributed by atoms with Crippen molar-refractivity contribution in [2.75, 3.05) is 13.1 Å². The van der Waals surface area contributed by atoms with Gasteiger partial charge in [0.25, 0.3) is 0 Å². The number of carbonyl (C=O) groups excluding carboxylic acids is 3. The molecular weight excluding hydrogens is 442 g/mol. The molecule has 3 amide bonds. The van der Waals surface area contributed by atoms with Crippen molar-refractivity contribution < 1.29 is 29.4 Å². The summed E-state index contributed by atoms with van der Waals surface area (Å²) < 4.78 is 0. The average molecular weight is 480 g/mol. The largest absolute Gasteiger partial charge is 0.508 e. The molecule has 0 aromatic heterocycles. The van der Waals surface area contributed by atoms with Gasteiger partial charge in [-0.15, -0.1) is 0 Å². The number of phenols is 1. The highest BCUT2D eigenvalue weighted by molar-refractivity contribution is 5.94. The molecule has 0 heterocycles. The third-order valence-electron chi connectivity index (χ3n) is 5.52. The van der Waals surface area contributed by atoms with Crippen LogP contribution in [0.4, 0.5) is 0 Å². The number of hydrogen-bond acceptors (Lipinski definition) is 7. The molecule has 11 nitrogen and oxygen atoms in total. The second-order valence-electron chi connectivity index (χ2n) is 8.31. The maximum absolute atomic E-state index is 13.1. The summed E-state index contributed by atoms with van der Waals surface area (Å²) in [4.78, 5) is 49.2. The Balaban J connectivity index is 2.99. The zero-order valence-corrected chi connectivity index (χ0v) is 19.8. The topological polar surface area (TPSA) is 197 Å². The number of phenolic OH excluding ortho intramolecular Hbond substituents is 1. The van der Waals surface area contributed by atoms with Crippen LogP contribution in [0.15, 0.2) is 24.3 Å². The summed E-state index contributed by atoms with van der Waals surface area (Å²) in [6.07, 6.45) is 2.48. The van der Waals surface area contributed by atoms with Crippen molar-refractivity contribution in [1.29, 1.82) is 0 Å². The first-order valence-corrected chi connectivity index (χ1v) is 11.4. The maximum Gasteiger partial charge on any atom is 0.322 e. The van der Waals surface area contributed by atoms with Gasteiger partial charge in [-0.2, -0.15) is 0 Å². The highest BCUT2D eigenvalue weighted by atomic mass is 16.4. The molecule has 4 atom stereocenters. The predicted molar refractivity (Wildman–Crippen MR) is 127 cm³/mol. The fraction of sp³-hybridized carbons (Fsp3) is 0.565. The van der Waals surface area contributed by atoms with Gasteiger partial charge in [0.2, 0.25) is 17.7 Å². The quantitative estimate of drug-likeness (QED) is 0.165. The molecule has 11 heteroatoms. The first kappa shape index (κ1) is 28.9. The minimum Gasteiger partial charge on any atom is -0.508 e. The van der Waals surface area contributed by atoms with Crippen molar-refractivity contribution in [3.05, 3.63) is 29.8 Å². The van der Waals surface area contributed by atoms with Crippen molar-refractivity contribution >= 4 is 23.7 Å². The summed E-state index contributed by atoms with van der Waals surface area (Å²) in [5.74, 6) is -3.17. The Kier molecular flexibility index (Phi) is 12.6. The molecule has 1 aromatic carbocycles. The lowest BCUT2D eigenvalue weighted by atomic mass is 9.96. The Morgan fingerprint density at radius 2 is 1.65 bits per heavy atom. The number of aromatic hydroxyl groups is 1. The molecule has 34 heavy (non-hydrogen) atoms. The Morgan fingerprint density at radius 1 is 1.00 bits per heavy atom. The number of carboxylic acid groups (broad SMARTS) is 1. The van der Waals surface area contributed by atoms with Crippen LogP contribution in [0.25, 0.3) is 0 Å². The van der Waals surface area contributed by atoms with Gasteiger partial charge in [0.05, 0.1) is 6.04 Å². The normalized spacial score (nSPS) is 14.4. The zero-order chi connectivity index (χ0) is 25.7. The molecule has 190 valence electrons. The van der Waals surface area contributed by atoms with Gasteiger partial charge in [-0.25, -0.2) is 0 Å². The van der Waals surface area contributed by atoms with Gasteiger partial charge < -0.3 is 37.6 Å². The van der Waals surface area contributed by atoms with Gasteiger partial charge >= 0.3 is 5.97 Å². The summed E-state index contributed by atoms with van der Waals surface area (Å²) in [6.45, 7) is 3.55. The van der Waals surface area contributed by atoms with Crippen LogP contribution in [0.1, 0.15) is 45.1 Å². The predicted octanol–water partition coefficient (Wildman–Crippen LogP) is -0.392. The molecule has 4 unspecified atom stereocenters. The van der Waals surface area contributed by atoms with Gasteiger partial charge in [0, 0.05) is 6.42 Å². The Labute approximate surface area is 199 Å². The molecule has 0 fully saturated rings. The van der Waals surface area contributed by atoms with Crippen molar-refractivity contribution in [1.82, 2.24) is 16.0 Å². The van der Waals surface area contributed by atoms with Gasteiger partial charge in [0.1, 0.15) is 24.4 Å². The van der Waals surface area contributed by atoms with Crippen LogP contribution in [0, 0.1) is 5.92 Å². The van der Waals surface area contributed by atoms with Crippen LogP contribution in [0.2, 0.25) is 0 Å². The third-order valence-corrected chi connectivity index (χ3v) is 5.52. The first-order chi connectivity index (χ1) is 16.1. The summed E-state index contributed by atoms with van der Waals surface area (Å²) in [7, 11) is 0. The van der Waals surface area contributed by atoms with Crippen LogP contribution >= 0.6 is 0 Å². The molecule has 9 N–H and O–H groups in total. The minimum atomic E-state index is -1.23. The SMILES string of the molecule is CCC(C)C(NC(=O)C(N)CCCCN)C(=O)NC(Cc1ccc(O)cc1)C(=O)NCC(=O)O. The third kappa shape index (κ3) is 10.2. The molecule has 0 aliphatic heterocycles. The number of nitrogens with one attached hydrogen (secondary N) is 3. The second-order valence-corrected chi connectivity index (χ2v) is 8.31. The molecule has 0 saturated heterocycles. The lowest BCUT2D eigenvalue weighted by Crippen LogP contribution is -2.58. The summed E-state index contributed by atoms with van der Waals surface area (Å²) in [6, 6.07) is 3.23. The molecule has 1 aromatic rings. The second kappa shape index (κ2) is 14.9. The fourth-order valence-corrected chi connectivity index (χ4v) is 3.23. The number of rotatable bonds is 15. The van der Waals surface area contributed by atoms with Crippen LogP contribution < -0.4 is 27.4 Å². The minimum absolute atomic E-state index is 0.0435. The van der Waals surface area contributed by atoms with E-state index in [0.29, 0.717) is 31.4 Å². The van der Waals surface area contributed by atoms with Gasteiger partial charge in [-0.05, 0) is 43.0 Å². The zero-order valence-electron chi connectivity index (χ0n) is 19.8. The van der Waals surface area contributed by atoms with E-state index in [9.17, 15) is 24.3 Å². The number of benzene rings is 1. The highest BCUT2D eigenvalue weighted by Gasteiger charge is 2.31. The van der Waals surface area contributed by atoms with E-state index in [4.69, 9.17) is 16.6 Å². The molecule has 0 aliphatic rings. The molecule has 1 rings (SSSR count). The molecule has 0 radical (unpaired) electrons. The number of amides is 3. The van der Waals surface area contributed by atoms with Crippen LogP contribution in [0.3, 0.4) is 0 Å². The van der Waals surface area contributed by atoms with Crippen molar-refractivity contribution in [2.45, 2.75) is 64.1 Å². The van der Waals surface area contributed by atoms with E-state index in [2.05, 4.69) is 16.0 Å². The van der Waals surface area contributed by atoms with Crippen molar-refractivity contribution in [2.24, 2.45) is 17.4 Å². The molecule has 0 aliphatic carbocycles. The van der Waals surface area contributed by atoms with Gasteiger partial charge in [0.15, 0.2) is 0 Å². The lowest BCUT2D eigenvalue weighted by molar-refractivity contribution is -0.138. The molecular formula is C23H37N5O6. The smallest absolute Gasteiger partial charge is 0.322 e. The average Bonchev–Trinajstić information content (AvgIpc) is 2.81. The summed E-state index contributed by atoms with van der Waals surface area (Å²) in [5, 5.41) is 25.9. The highest BCUT2D eigenvalue weighted by Crippen LogP contribution is 2.13. The van der Waals surface area contributed by atoms with Gasteiger partial charge in [-0.3, -0.25) is 19.2 Å². The number of aliphatic carboxylic acids is 1.